The van der Waals surface area contributed by atoms with Gasteiger partial charge in [0, 0.05) is 17.9 Å². The van der Waals surface area contributed by atoms with Crippen molar-refractivity contribution in [2.45, 2.75) is 46.6 Å². The van der Waals surface area contributed by atoms with Gasteiger partial charge in [0.05, 0.1) is 11.9 Å². The zero-order valence-corrected chi connectivity index (χ0v) is 20.9. The number of fused-ring (bicyclic) bond motifs is 2. The highest BCUT2D eigenvalue weighted by molar-refractivity contribution is 6.03. The molecule has 0 fully saturated rings. The van der Waals surface area contributed by atoms with Crippen molar-refractivity contribution >= 4 is 28.7 Å². The molecule has 6 heteroatoms. The normalized spacial score (nSPS) is 15.1. The van der Waals surface area contributed by atoms with Crippen LogP contribution >= 0.6 is 0 Å². The molecule has 180 valence electrons. The third-order valence-electron chi connectivity index (χ3n) is 6.81. The molecule has 0 bridgehead atoms. The van der Waals surface area contributed by atoms with E-state index in [1.54, 1.807) is 0 Å². The number of benzene rings is 2. The van der Waals surface area contributed by atoms with Gasteiger partial charge in [-0.05, 0) is 60.4 Å². The number of allylic oxidation sites excluding steroid dienone is 1. The summed E-state index contributed by atoms with van der Waals surface area (Å²) in [5, 5.41) is 5.44. The molecule has 1 atom stereocenters. The molecule has 2 aromatic carbocycles. The summed E-state index contributed by atoms with van der Waals surface area (Å²) in [5.41, 5.74) is 13.7. The average Bonchev–Trinajstić information content (AvgIpc) is 3.14. The maximum Gasteiger partial charge on any atom is 0.167 e. The van der Waals surface area contributed by atoms with Gasteiger partial charge in [0.25, 0.3) is 0 Å². The fourth-order valence-electron chi connectivity index (χ4n) is 5.01. The zero-order chi connectivity index (χ0) is 25.2. The lowest BCUT2D eigenvalue weighted by Gasteiger charge is -2.18. The summed E-state index contributed by atoms with van der Waals surface area (Å²) in [6, 6.07) is 14.3. The molecule has 0 saturated heterocycles. The molecule has 2 N–H and O–H groups in total. The fraction of sp³-hybridized carbons (Fsp3) is 0.267. The third-order valence-corrected chi connectivity index (χ3v) is 6.81. The molecule has 1 aliphatic carbocycles. The quantitative estimate of drug-likeness (QED) is 0.404. The number of aryl methyl sites for hydroxylation is 2. The van der Waals surface area contributed by atoms with Crippen molar-refractivity contribution in [1.29, 1.82) is 0 Å². The predicted octanol–water partition coefficient (Wildman–Crippen LogP) is 5.32. The number of carbonyl (C=O) groups is 1. The number of nitrogens with zero attached hydrogens (tertiary/aromatic N) is 4. The SMILES string of the molecule is CCC#Cc1nn(CC2=Cc3cccc(C)c3C(=O)C(Cc3ccccc3C)C2)c2ncnc(N)c12. The molecule has 2 aromatic heterocycles. The third kappa shape index (κ3) is 4.40. The Hall–Kier alpha value is -4.24. The van der Waals surface area contributed by atoms with Crippen LogP contribution in [0.15, 0.2) is 54.4 Å². The number of anilines is 1. The largest absolute Gasteiger partial charge is 0.383 e. The van der Waals surface area contributed by atoms with Crippen LogP contribution in [0, 0.1) is 31.6 Å². The monoisotopic (exact) mass is 475 g/mol. The van der Waals surface area contributed by atoms with Crippen molar-refractivity contribution in [2.24, 2.45) is 5.92 Å². The molecule has 6 nitrogen and oxygen atoms in total. The van der Waals surface area contributed by atoms with Gasteiger partial charge >= 0.3 is 0 Å². The molecule has 0 saturated carbocycles. The summed E-state index contributed by atoms with van der Waals surface area (Å²) < 4.78 is 1.84. The topological polar surface area (TPSA) is 86.7 Å². The number of Topliss-reactive ketones (excluding diaryl/α,β-unsaturated/α-hetero) is 1. The number of nitrogens with two attached hydrogens (primary N) is 1. The highest BCUT2D eigenvalue weighted by Crippen LogP contribution is 2.33. The molecule has 1 aliphatic rings. The van der Waals surface area contributed by atoms with E-state index in [0.717, 1.165) is 22.3 Å². The van der Waals surface area contributed by atoms with E-state index in [1.807, 2.05) is 48.9 Å². The van der Waals surface area contributed by atoms with E-state index in [9.17, 15) is 4.79 Å². The molecule has 36 heavy (non-hydrogen) atoms. The van der Waals surface area contributed by atoms with Crippen LogP contribution in [0.2, 0.25) is 0 Å². The molecule has 2 heterocycles. The second kappa shape index (κ2) is 9.79. The van der Waals surface area contributed by atoms with Gasteiger partial charge in [-0.25, -0.2) is 14.6 Å². The van der Waals surface area contributed by atoms with Crippen LogP contribution in [-0.2, 0) is 13.0 Å². The lowest BCUT2D eigenvalue weighted by atomic mass is 9.85. The van der Waals surface area contributed by atoms with Gasteiger partial charge in [-0.3, -0.25) is 4.79 Å². The van der Waals surface area contributed by atoms with E-state index in [0.29, 0.717) is 48.4 Å². The van der Waals surface area contributed by atoms with Gasteiger partial charge in [-0.1, -0.05) is 61.4 Å². The molecular formula is C30H29N5O. The molecule has 4 aromatic rings. The van der Waals surface area contributed by atoms with Gasteiger partial charge in [-0.15, -0.1) is 0 Å². The molecular weight excluding hydrogens is 446 g/mol. The van der Waals surface area contributed by atoms with Crippen LogP contribution in [0.25, 0.3) is 17.1 Å². The Morgan fingerprint density at radius 1 is 1.08 bits per heavy atom. The van der Waals surface area contributed by atoms with Crippen LogP contribution in [0.3, 0.4) is 0 Å². The molecule has 0 amide bonds. The van der Waals surface area contributed by atoms with E-state index >= 15 is 0 Å². The number of ketones is 1. The highest BCUT2D eigenvalue weighted by Gasteiger charge is 2.29. The van der Waals surface area contributed by atoms with Gasteiger partial charge < -0.3 is 5.73 Å². The van der Waals surface area contributed by atoms with E-state index < -0.39 is 0 Å². The van der Waals surface area contributed by atoms with E-state index in [2.05, 4.69) is 46.9 Å². The standard InChI is InChI=1S/C30H29N5O/c1-4-5-13-25-27-29(31)32-18-33-30(27)35(34-25)17-21-14-23-12-8-10-20(3)26(23)28(36)24(15-21)16-22-11-7-6-9-19(22)2/h6-12,14,18,24H,4,15-17H2,1-3H3,(H2,31,32,33). The molecule has 1 unspecified atom stereocenters. The summed E-state index contributed by atoms with van der Waals surface area (Å²) >= 11 is 0. The Bertz CT molecular complexity index is 1570. The maximum absolute atomic E-state index is 13.8. The number of aromatic nitrogens is 4. The van der Waals surface area contributed by atoms with Crippen LogP contribution in [0.1, 0.15) is 58.1 Å². The lowest BCUT2D eigenvalue weighted by Crippen LogP contribution is -2.20. The van der Waals surface area contributed by atoms with Crippen LogP contribution in [-0.4, -0.2) is 25.5 Å². The minimum absolute atomic E-state index is 0.166. The Labute approximate surface area is 211 Å². The number of hydrogen-bond donors (Lipinski definition) is 1. The van der Waals surface area contributed by atoms with Gasteiger partial charge in [0.15, 0.2) is 11.4 Å². The minimum Gasteiger partial charge on any atom is -0.383 e. The second-order valence-electron chi connectivity index (χ2n) is 9.36. The summed E-state index contributed by atoms with van der Waals surface area (Å²) in [6.07, 6.45) is 5.65. The average molecular weight is 476 g/mol. The first-order chi connectivity index (χ1) is 17.5. The molecule has 0 spiro atoms. The molecule has 0 radical (unpaired) electrons. The lowest BCUT2D eigenvalue weighted by molar-refractivity contribution is 0.0918. The van der Waals surface area contributed by atoms with Gasteiger partial charge in [0.2, 0.25) is 0 Å². The first-order valence-electron chi connectivity index (χ1n) is 12.3. The maximum atomic E-state index is 13.8. The van der Waals surface area contributed by atoms with Gasteiger partial charge in [0.1, 0.15) is 17.8 Å². The van der Waals surface area contributed by atoms with Crippen molar-refractivity contribution in [1.82, 2.24) is 19.7 Å². The highest BCUT2D eigenvalue weighted by atomic mass is 16.1. The van der Waals surface area contributed by atoms with E-state index in [-0.39, 0.29) is 11.7 Å². The summed E-state index contributed by atoms with van der Waals surface area (Å²) in [7, 11) is 0. The first-order valence-corrected chi connectivity index (χ1v) is 12.3. The first kappa shape index (κ1) is 23.5. The Kier molecular flexibility index (Phi) is 6.39. The van der Waals surface area contributed by atoms with Crippen molar-refractivity contribution < 1.29 is 4.79 Å². The fourth-order valence-corrected chi connectivity index (χ4v) is 5.01. The summed E-state index contributed by atoms with van der Waals surface area (Å²) in [4.78, 5) is 22.5. The smallest absolute Gasteiger partial charge is 0.167 e. The second-order valence-corrected chi connectivity index (χ2v) is 9.36. The van der Waals surface area contributed by atoms with E-state index in [4.69, 9.17) is 10.8 Å². The Morgan fingerprint density at radius 2 is 1.89 bits per heavy atom. The Balaban J connectivity index is 1.59. The van der Waals surface area contributed by atoms with E-state index in [1.165, 1.54) is 17.5 Å². The molecule has 0 aliphatic heterocycles. The summed E-state index contributed by atoms with van der Waals surface area (Å²) in [5.74, 6) is 6.59. The number of rotatable bonds is 4. The predicted molar refractivity (Wildman–Crippen MR) is 143 cm³/mol. The van der Waals surface area contributed by atoms with Crippen LogP contribution in [0.4, 0.5) is 5.82 Å². The number of nitrogen functional groups attached to an aromatic ring is 1. The number of hydrogen-bond acceptors (Lipinski definition) is 5. The van der Waals surface area contributed by atoms with Crippen molar-refractivity contribution in [3.63, 3.8) is 0 Å². The van der Waals surface area contributed by atoms with Crippen LogP contribution in [0.5, 0.6) is 0 Å². The van der Waals surface area contributed by atoms with Crippen molar-refractivity contribution in [2.75, 3.05) is 5.73 Å². The Morgan fingerprint density at radius 3 is 2.69 bits per heavy atom. The molecule has 5 rings (SSSR count). The van der Waals surface area contributed by atoms with Crippen molar-refractivity contribution in [3.05, 3.63) is 87.9 Å². The summed E-state index contributed by atoms with van der Waals surface area (Å²) in [6.45, 7) is 6.60. The van der Waals surface area contributed by atoms with Gasteiger partial charge in [-0.2, -0.15) is 5.10 Å². The van der Waals surface area contributed by atoms with Crippen LogP contribution < -0.4 is 5.73 Å². The zero-order valence-electron chi connectivity index (χ0n) is 20.9. The number of carbonyl (C=O) groups excluding carboxylic acids is 1. The minimum atomic E-state index is -0.166. The van der Waals surface area contributed by atoms with Crippen molar-refractivity contribution in [3.8, 4) is 11.8 Å².